The molecule has 0 N–H and O–H groups in total. The molecular weight excluding hydrogens is 279 g/mol. The SMILES string of the molecule is COc1c(CCl)cccc1CC(=O)CBr. The molecule has 2 nitrogen and oxygen atoms in total. The van der Waals surface area contributed by atoms with Gasteiger partial charge < -0.3 is 4.74 Å². The lowest BCUT2D eigenvalue weighted by atomic mass is 10.1. The summed E-state index contributed by atoms with van der Waals surface area (Å²) in [6, 6.07) is 5.67. The molecule has 0 aliphatic carbocycles. The van der Waals surface area contributed by atoms with Crippen molar-refractivity contribution in [3.8, 4) is 5.75 Å². The van der Waals surface area contributed by atoms with Crippen molar-refractivity contribution in [3.63, 3.8) is 0 Å². The maximum atomic E-state index is 11.3. The van der Waals surface area contributed by atoms with Crippen molar-refractivity contribution in [2.45, 2.75) is 12.3 Å². The Kier molecular flexibility index (Phi) is 5.12. The molecule has 0 atom stereocenters. The molecule has 82 valence electrons. The van der Waals surface area contributed by atoms with E-state index in [1.807, 2.05) is 18.2 Å². The highest BCUT2D eigenvalue weighted by molar-refractivity contribution is 9.09. The average molecular weight is 292 g/mol. The Morgan fingerprint density at radius 2 is 2.13 bits per heavy atom. The number of alkyl halides is 2. The van der Waals surface area contributed by atoms with Gasteiger partial charge in [0.2, 0.25) is 0 Å². The van der Waals surface area contributed by atoms with Crippen LogP contribution in [0.25, 0.3) is 0 Å². The molecule has 1 aromatic carbocycles. The van der Waals surface area contributed by atoms with Gasteiger partial charge in [0.05, 0.1) is 18.3 Å². The summed E-state index contributed by atoms with van der Waals surface area (Å²) < 4.78 is 5.26. The number of carbonyl (C=O) groups excluding carboxylic acids is 1. The number of ketones is 1. The highest BCUT2D eigenvalue weighted by Crippen LogP contribution is 2.25. The van der Waals surface area contributed by atoms with Crippen LogP contribution in [0, 0.1) is 0 Å². The molecule has 0 aliphatic heterocycles. The second kappa shape index (κ2) is 6.13. The van der Waals surface area contributed by atoms with Gasteiger partial charge in [0.1, 0.15) is 11.5 Å². The van der Waals surface area contributed by atoms with E-state index in [4.69, 9.17) is 16.3 Å². The number of rotatable bonds is 5. The molecule has 0 bridgehead atoms. The van der Waals surface area contributed by atoms with Gasteiger partial charge in [-0.1, -0.05) is 34.1 Å². The van der Waals surface area contributed by atoms with Crippen LogP contribution >= 0.6 is 27.5 Å². The van der Waals surface area contributed by atoms with Gasteiger partial charge in [0.15, 0.2) is 0 Å². The molecule has 1 rings (SSSR count). The summed E-state index contributed by atoms with van der Waals surface area (Å²) in [6.07, 6.45) is 0.374. The first kappa shape index (κ1) is 12.5. The Balaban J connectivity index is 3.00. The van der Waals surface area contributed by atoms with Crippen LogP contribution < -0.4 is 4.74 Å². The van der Waals surface area contributed by atoms with Crippen molar-refractivity contribution in [1.29, 1.82) is 0 Å². The van der Waals surface area contributed by atoms with Crippen LogP contribution in [-0.4, -0.2) is 18.2 Å². The smallest absolute Gasteiger partial charge is 0.147 e. The zero-order valence-electron chi connectivity index (χ0n) is 8.43. The van der Waals surface area contributed by atoms with Gasteiger partial charge in [-0.25, -0.2) is 0 Å². The predicted octanol–water partition coefficient (Wildman–Crippen LogP) is 2.94. The second-order valence-electron chi connectivity index (χ2n) is 3.09. The number of Topliss-reactive ketones (excluding diaryl/α,β-unsaturated/α-hetero) is 1. The minimum atomic E-state index is 0.125. The van der Waals surface area contributed by atoms with Gasteiger partial charge in [0.25, 0.3) is 0 Å². The number of hydrogen-bond donors (Lipinski definition) is 0. The molecule has 0 radical (unpaired) electrons. The number of benzene rings is 1. The van der Waals surface area contributed by atoms with Gasteiger partial charge in [-0.2, -0.15) is 0 Å². The van der Waals surface area contributed by atoms with Crippen LogP contribution in [0.2, 0.25) is 0 Å². The largest absolute Gasteiger partial charge is 0.496 e. The third-order valence-corrected chi connectivity index (χ3v) is 2.98. The van der Waals surface area contributed by atoms with E-state index >= 15 is 0 Å². The normalized spacial score (nSPS) is 10.1. The van der Waals surface area contributed by atoms with Gasteiger partial charge in [-0.05, 0) is 0 Å². The third kappa shape index (κ3) is 3.21. The zero-order chi connectivity index (χ0) is 11.3. The molecule has 0 unspecified atom stereocenters. The van der Waals surface area contributed by atoms with Crippen LogP contribution in [0.1, 0.15) is 11.1 Å². The molecule has 0 saturated carbocycles. The molecule has 0 amide bonds. The third-order valence-electron chi connectivity index (χ3n) is 2.06. The average Bonchev–Trinajstić information content (AvgIpc) is 2.28. The first-order valence-corrected chi connectivity index (χ1v) is 6.17. The number of para-hydroxylation sites is 1. The predicted molar refractivity (Wildman–Crippen MR) is 65.1 cm³/mol. The van der Waals surface area contributed by atoms with E-state index in [-0.39, 0.29) is 5.78 Å². The molecule has 1 aromatic rings. The van der Waals surface area contributed by atoms with E-state index in [1.165, 1.54) is 0 Å². The highest BCUT2D eigenvalue weighted by Gasteiger charge is 2.10. The molecule has 0 fully saturated rings. The number of methoxy groups -OCH3 is 1. The fourth-order valence-electron chi connectivity index (χ4n) is 1.40. The quantitative estimate of drug-likeness (QED) is 0.780. The summed E-state index contributed by atoms with van der Waals surface area (Å²) in [5.41, 5.74) is 1.80. The van der Waals surface area contributed by atoms with Crippen LogP contribution in [0.5, 0.6) is 5.75 Å². The number of hydrogen-bond acceptors (Lipinski definition) is 2. The Morgan fingerprint density at radius 3 is 2.67 bits per heavy atom. The topological polar surface area (TPSA) is 26.3 Å². The number of halogens is 2. The van der Waals surface area contributed by atoms with Gasteiger partial charge >= 0.3 is 0 Å². The van der Waals surface area contributed by atoms with Gasteiger partial charge in [0, 0.05) is 17.5 Å². The van der Waals surface area contributed by atoms with Crippen LogP contribution in [0.3, 0.4) is 0 Å². The lowest BCUT2D eigenvalue weighted by Crippen LogP contribution is -2.06. The lowest BCUT2D eigenvalue weighted by molar-refractivity contribution is -0.115. The van der Waals surface area contributed by atoms with E-state index in [2.05, 4.69) is 15.9 Å². The molecule has 15 heavy (non-hydrogen) atoms. The minimum Gasteiger partial charge on any atom is -0.496 e. The lowest BCUT2D eigenvalue weighted by Gasteiger charge is -2.10. The summed E-state index contributed by atoms with van der Waals surface area (Å²) >= 11 is 8.92. The summed E-state index contributed by atoms with van der Waals surface area (Å²) in [6.45, 7) is 0. The number of ether oxygens (including phenoxy) is 1. The summed E-state index contributed by atoms with van der Waals surface area (Å²) in [5.74, 6) is 1.24. The highest BCUT2D eigenvalue weighted by atomic mass is 79.9. The summed E-state index contributed by atoms with van der Waals surface area (Å²) in [7, 11) is 1.59. The first-order chi connectivity index (χ1) is 7.22. The van der Waals surface area contributed by atoms with Gasteiger partial charge in [-0.3, -0.25) is 4.79 Å². The minimum absolute atomic E-state index is 0.125. The van der Waals surface area contributed by atoms with E-state index in [0.29, 0.717) is 17.6 Å². The van der Waals surface area contributed by atoms with Crippen molar-refractivity contribution in [3.05, 3.63) is 29.3 Å². The first-order valence-electron chi connectivity index (χ1n) is 4.51. The fourth-order valence-corrected chi connectivity index (χ4v) is 1.81. The molecular formula is C11H12BrClO2. The number of carbonyl (C=O) groups is 1. The Bertz CT molecular complexity index is 352. The van der Waals surface area contributed by atoms with Gasteiger partial charge in [-0.15, -0.1) is 11.6 Å². The Labute approximate surface area is 103 Å². The molecule has 0 spiro atoms. The van der Waals surface area contributed by atoms with E-state index < -0.39 is 0 Å². The van der Waals surface area contributed by atoms with Crippen molar-refractivity contribution in [1.82, 2.24) is 0 Å². The molecule has 4 heteroatoms. The van der Waals surface area contributed by atoms with E-state index in [0.717, 1.165) is 16.9 Å². The Morgan fingerprint density at radius 1 is 1.47 bits per heavy atom. The standard InChI is InChI=1S/C11H12BrClO2/c1-15-11-8(5-10(14)6-12)3-2-4-9(11)7-13/h2-4H,5-7H2,1H3. The van der Waals surface area contributed by atoms with Crippen LogP contribution in [0.15, 0.2) is 18.2 Å². The van der Waals surface area contributed by atoms with Crippen molar-refractivity contribution in [2.75, 3.05) is 12.4 Å². The van der Waals surface area contributed by atoms with E-state index in [9.17, 15) is 4.79 Å². The Hall–Kier alpha value is -0.540. The van der Waals surface area contributed by atoms with Crippen LogP contribution in [-0.2, 0) is 17.1 Å². The van der Waals surface area contributed by atoms with Crippen LogP contribution in [0.4, 0.5) is 0 Å². The van der Waals surface area contributed by atoms with Crippen molar-refractivity contribution < 1.29 is 9.53 Å². The van der Waals surface area contributed by atoms with E-state index in [1.54, 1.807) is 7.11 Å². The maximum absolute atomic E-state index is 11.3. The van der Waals surface area contributed by atoms with Crippen molar-refractivity contribution >= 4 is 33.3 Å². The summed E-state index contributed by atoms with van der Waals surface area (Å²) in [5, 5.41) is 0.362. The maximum Gasteiger partial charge on any atom is 0.147 e. The summed E-state index contributed by atoms with van der Waals surface area (Å²) in [4.78, 5) is 11.3. The van der Waals surface area contributed by atoms with Crippen molar-refractivity contribution in [2.24, 2.45) is 0 Å². The molecule has 0 heterocycles. The molecule has 0 aromatic heterocycles. The monoisotopic (exact) mass is 290 g/mol. The molecule has 0 saturated heterocycles. The zero-order valence-corrected chi connectivity index (χ0v) is 10.8. The molecule has 0 aliphatic rings. The fraction of sp³-hybridized carbons (Fsp3) is 0.364. The second-order valence-corrected chi connectivity index (χ2v) is 3.92.